The van der Waals surface area contributed by atoms with Gasteiger partial charge in [0.25, 0.3) is 0 Å². The van der Waals surface area contributed by atoms with Gasteiger partial charge in [0.05, 0.1) is 37.5 Å². The van der Waals surface area contributed by atoms with E-state index in [4.69, 9.17) is 21.8 Å². The summed E-state index contributed by atoms with van der Waals surface area (Å²) in [5.41, 5.74) is 3.59. The molecule has 1 aliphatic heterocycles. The number of hydrogen-bond donors (Lipinski definition) is 1. The van der Waals surface area contributed by atoms with Crippen molar-refractivity contribution in [1.29, 1.82) is 0 Å². The first-order valence-electron chi connectivity index (χ1n) is 9.19. The lowest BCUT2D eigenvalue weighted by molar-refractivity contribution is -0.143. The third kappa shape index (κ3) is 5.01. The predicted molar refractivity (Wildman–Crippen MR) is 98.9 cm³/mol. The molecule has 2 aromatic rings. The molecule has 2 N–H and O–H groups in total. The van der Waals surface area contributed by atoms with Gasteiger partial charge < -0.3 is 15.2 Å². The number of alkyl halides is 6. The van der Waals surface area contributed by atoms with Crippen LogP contribution in [0.1, 0.15) is 34.2 Å². The number of hydrogen-bond acceptors (Lipinski definition) is 3. The minimum Gasteiger partial charge on any atom is -0.373 e. The molecular weight excluding hydrogens is 426 g/mol. The maximum absolute atomic E-state index is 13.0. The van der Waals surface area contributed by atoms with E-state index in [2.05, 4.69) is 4.85 Å². The number of ether oxygens (including phenoxy) is 2. The first kappa shape index (κ1) is 23.1. The molecule has 4 nitrogen and oxygen atoms in total. The molecule has 1 heterocycles. The number of nitrogens with zero attached hydrogens (tertiary/aromatic N) is 1. The zero-order valence-electron chi connectivity index (χ0n) is 16.1. The van der Waals surface area contributed by atoms with E-state index in [0.717, 1.165) is 11.1 Å². The quantitative estimate of drug-likeness (QED) is 0.469. The lowest BCUT2D eigenvalue weighted by atomic mass is 9.89. The number of benzene rings is 2. The maximum Gasteiger partial charge on any atom is 0.416 e. The van der Waals surface area contributed by atoms with Gasteiger partial charge in [0.15, 0.2) is 5.69 Å². The first-order chi connectivity index (χ1) is 14.5. The van der Waals surface area contributed by atoms with Crippen molar-refractivity contribution in [3.63, 3.8) is 0 Å². The van der Waals surface area contributed by atoms with Crippen LogP contribution in [0, 0.1) is 6.57 Å². The van der Waals surface area contributed by atoms with Crippen LogP contribution in [-0.2, 0) is 40.6 Å². The Morgan fingerprint density at radius 2 is 1.68 bits per heavy atom. The molecule has 0 amide bonds. The van der Waals surface area contributed by atoms with E-state index < -0.39 is 35.7 Å². The maximum atomic E-state index is 13.0. The molecule has 0 spiro atoms. The molecule has 1 atom stereocenters. The van der Waals surface area contributed by atoms with Gasteiger partial charge in [0, 0.05) is 0 Å². The summed E-state index contributed by atoms with van der Waals surface area (Å²) in [6, 6.07) is 6.33. The number of nitrogens with two attached hydrogens (primary N) is 1. The summed E-state index contributed by atoms with van der Waals surface area (Å²) in [6.07, 6.45) is -9.52. The fourth-order valence-electron chi connectivity index (χ4n) is 3.58. The lowest BCUT2D eigenvalue weighted by Crippen LogP contribution is -2.34. The van der Waals surface area contributed by atoms with Crippen molar-refractivity contribution >= 4 is 5.69 Å². The molecule has 0 aliphatic carbocycles. The van der Waals surface area contributed by atoms with Gasteiger partial charge in [-0.2, -0.15) is 26.3 Å². The summed E-state index contributed by atoms with van der Waals surface area (Å²) in [6.45, 7) is 6.92. The van der Waals surface area contributed by atoms with Crippen LogP contribution in [0.5, 0.6) is 0 Å². The van der Waals surface area contributed by atoms with Crippen LogP contribution in [0.4, 0.5) is 32.0 Å². The second-order valence-electron chi connectivity index (χ2n) is 7.18. The van der Waals surface area contributed by atoms with Gasteiger partial charge in [-0.15, -0.1) is 0 Å². The molecule has 0 fully saturated rings. The molecule has 166 valence electrons. The molecule has 0 saturated heterocycles. The summed E-state index contributed by atoms with van der Waals surface area (Å²) < 4.78 is 89.6. The fourth-order valence-corrected chi connectivity index (χ4v) is 3.58. The van der Waals surface area contributed by atoms with Crippen molar-refractivity contribution in [3.8, 4) is 0 Å². The monoisotopic (exact) mass is 444 g/mol. The van der Waals surface area contributed by atoms with Crippen molar-refractivity contribution in [2.45, 2.75) is 37.6 Å². The first-order valence-corrected chi connectivity index (χ1v) is 9.19. The highest BCUT2D eigenvalue weighted by molar-refractivity contribution is 5.52. The van der Waals surface area contributed by atoms with Crippen molar-refractivity contribution in [2.75, 3.05) is 13.2 Å². The van der Waals surface area contributed by atoms with E-state index in [1.165, 1.54) is 0 Å². The molecule has 0 aromatic heterocycles. The van der Waals surface area contributed by atoms with Gasteiger partial charge in [-0.05, 0) is 47.9 Å². The van der Waals surface area contributed by atoms with Crippen molar-refractivity contribution in [1.82, 2.24) is 0 Å². The van der Waals surface area contributed by atoms with Crippen LogP contribution < -0.4 is 5.73 Å². The molecule has 0 radical (unpaired) electrons. The van der Waals surface area contributed by atoms with Gasteiger partial charge in [-0.1, -0.05) is 18.2 Å². The Hall–Kier alpha value is -2.61. The van der Waals surface area contributed by atoms with Crippen LogP contribution in [0.15, 0.2) is 36.4 Å². The Morgan fingerprint density at radius 1 is 1.03 bits per heavy atom. The molecule has 31 heavy (non-hydrogen) atoms. The van der Waals surface area contributed by atoms with E-state index in [-0.39, 0.29) is 31.4 Å². The highest BCUT2D eigenvalue weighted by Gasteiger charge is 2.40. The third-order valence-electron chi connectivity index (χ3n) is 5.01. The summed E-state index contributed by atoms with van der Waals surface area (Å²) in [7, 11) is 0. The standard InChI is InChI=1S/C21H18F6N2O2/c1-29-17-2-3-18-14(8-17)11-31-19(18,4-5-28)12-30-10-13-6-15(20(22,23)24)9-16(7-13)21(25,26)27/h2-3,6-9H,4-5,10-12,28H2. The SMILES string of the molecule is [C-]#[N+]c1ccc2c(c1)COC2(CCN)COCc1cc(C(F)(F)F)cc(C(F)(F)F)c1. The van der Waals surface area contributed by atoms with Crippen LogP contribution in [0.25, 0.3) is 4.85 Å². The Labute approximate surface area is 174 Å². The Balaban J connectivity index is 1.83. The molecule has 3 rings (SSSR count). The normalized spacial score (nSPS) is 18.6. The molecule has 2 aromatic carbocycles. The van der Waals surface area contributed by atoms with E-state index in [1.807, 2.05) is 0 Å². The smallest absolute Gasteiger partial charge is 0.373 e. The van der Waals surface area contributed by atoms with Gasteiger partial charge in [-0.3, -0.25) is 0 Å². The minimum absolute atomic E-state index is 0.0741. The fraction of sp³-hybridized carbons (Fsp3) is 0.381. The third-order valence-corrected chi connectivity index (χ3v) is 5.01. The van der Waals surface area contributed by atoms with Gasteiger partial charge in [0.2, 0.25) is 0 Å². The molecular formula is C21H18F6N2O2. The Morgan fingerprint density at radius 3 is 2.23 bits per heavy atom. The molecule has 1 unspecified atom stereocenters. The molecule has 0 bridgehead atoms. The minimum atomic E-state index is -4.93. The summed E-state index contributed by atoms with van der Waals surface area (Å²) in [5.74, 6) is 0. The van der Waals surface area contributed by atoms with Crippen molar-refractivity contribution < 1.29 is 35.8 Å². The van der Waals surface area contributed by atoms with Gasteiger partial charge in [0.1, 0.15) is 5.60 Å². The zero-order chi connectivity index (χ0) is 22.9. The van der Waals surface area contributed by atoms with Crippen LogP contribution in [-0.4, -0.2) is 13.2 Å². The number of fused-ring (bicyclic) bond motifs is 1. The Bertz CT molecular complexity index is 965. The second kappa shape index (κ2) is 8.49. The van der Waals surface area contributed by atoms with Gasteiger partial charge >= 0.3 is 12.4 Å². The summed E-state index contributed by atoms with van der Waals surface area (Å²) in [5, 5.41) is 0. The Kier molecular flexibility index (Phi) is 6.32. The highest BCUT2D eigenvalue weighted by atomic mass is 19.4. The number of rotatable bonds is 6. The van der Waals surface area contributed by atoms with Crippen LogP contribution in [0.2, 0.25) is 0 Å². The molecule has 10 heteroatoms. The van der Waals surface area contributed by atoms with E-state index >= 15 is 0 Å². The topological polar surface area (TPSA) is 48.8 Å². The second-order valence-corrected chi connectivity index (χ2v) is 7.18. The van der Waals surface area contributed by atoms with E-state index in [0.29, 0.717) is 24.2 Å². The summed E-state index contributed by atoms with van der Waals surface area (Å²) in [4.78, 5) is 3.35. The van der Waals surface area contributed by atoms with Crippen molar-refractivity contribution in [2.24, 2.45) is 5.73 Å². The van der Waals surface area contributed by atoms with Crippen LogP contribution >= 0.6 is 0 Å². The molecule has 0 saturated carbocycles. The van der Waals surface area contributed by atoms with E-state index in [1.54, 1.807) is 18.2 Å². The van der Waals surface area contributed by atoms with Crippen LogP contribution in [0.3, 0.4) is 0 Å². The van der Waals surface area contributed by atoms with Crippen molar-refractivity contribution in [3.05, 3.63) is 75.6 Å². The zero-order valence-corrected chi connectivity index (χ0v) is 16.1. The average Bonchev–Trinajstić information content (AvgIpc) is 3.04. The molecule has 1 aliphatic rings. The number of halogens is 6. The lowest BCUT2D eigenvalue weighted by Gasteiger charge is -2.29. The highest BCUT2D eigenvalue weighted by Crippen LogP contribution is 2.41. The summed E-state index contributed by atoms with van der Waals surface area (Å²) >= 11 is 0. The largest absolute Gasteiger partial charge is 0.416 e. The van der Waals surface area contributed by atoms with E-state index in [9.17, 15) is 26.3 Å². The van der Waals surface area contributed by atoms with Gasteiger partial charge in [-0.25, -0.2) is 4.85 Å². The average molecular weight is 444 g/mol. The predicted octanol–water partition coefficient (Wildman–Crippen LogP) is 5.57.